The van der Waals surface area contributed by atoms with Crippen molar-refractivity contribution in [2.24, 2.45) is 0 Å². The maximum atomic E-state index is 11.1. The first-order valence-corrected chi connectivity index (χ1v) is 5.06. The van der Waals surface area contributed by atoms with E-state index in [0.29, 0.717) is 15.2 Å². The minimum absolute atomic E-state index is 0.460. The van der Waals surface area contributed by atoms with Crippen molar-refractivity contribution < 1.29 is 14.3 Å². The number of nitrogens with one attached hydrogen (secondary N) is 1. The number of amides is 1. The van der Waals surface area contributed by atoms with E-state index in [1.54, 1.807) is 18.2 Å². The van der Waals surface area contributed by atoms with Crippen LogP contribution in [0.3, 0.4) is 0 Å². The molecule has 80 valence electrons. The van der Waals surface area contributed by atoms with E-state index in [4.69, 9.17) is 11.6 Å². The molecule has 0 aromatic heterocycles. The number of ether oxygens (including phenoxy) is 1. The molecular weight excluding hydrogens is 285 g/mol. The van der Waals surface area contributed by atoms with E-state index in [0.717, 1.165) is 7.11 Å². The molecule has 6 heteroatoms. The molecule has 1 amide bonds. The highest BCUT2D eigenvalue weighted by molar-refractivity contribution is 9.10. The molecule has 0 unspecified atom stereocenters. The lowest BCUT2D eigenvalue weighted by molar-refractivity contribution is -0.150. The molecule has 1 N–H and O–H groups in total. The zero-order valence-corrected chi connectivity index (χ0v) is 10.1. The van der Waals surface area contributed by atoms with Gasteiger partial charge in [-0.25, -0.2) is 4.79 Å². The van der Waals surface area contributed by atoms with Gasteiger partial charge in [-0.2, -0.15) is 0 Å². The summed E-state index contributed by atoms with van der Waals surface area (Å²) in [6.07, 6.45) is 0. The second-order valence-electron chi connectivity index (χ2n) is 2.57. The third-order valence-corrected chi connectivity index (χ3v) is 2.76. The third kappa shape index (κ3) is 3.21. The average Bonchev–Trinajstić information content (AvgIpc) is 2.22. The van der Waals surface area contributed by atoms with Crippen molar-refractivity contribution in [2.45, 2.75) is 0 Å². The number of rotatable bonds is 1. The number of esters is 1. The zero-order valence-electron chi connectivity index (χ0n) is 7.71. The number of anilines is 1. The van der Waals surface area contributed by atoms with Gasteiger partial charge in [0, 0.05) is 10.2 Å². The van der Waals surface area contributed by atoms with Gasteiger partial charge in [-0.15, -0.1) is 0 Å². The van der Waals surface area contributed by atoms with E-state index in [2.05, 4.69) is 26.0 Å². The van der Waals surface area contributed by atoms with Gasteiger partial charge >= 0.3 is 11.9 Å². The number of hydrogen-bond acceptors (Lipinski definition) is 3. The number of halogens is 2. The smallest absolute Gasteiger partial charge is 0.396 e. The summed E-state index contributed by atoms with van der Waals surface area (Å²) in [5.74, 6) is -1.77. The lowest BCUT2D eigenvalue weighted by atomic mass is 10.3. The van der Waals surface area contributed by atoms with Crippen molar-refractivity contribution in [2.75, 3.05) is 12.4 Å². The first-order valence-electron chi connectivity index (χ1n) is 3.89. The van der Waals surface area contributed by atoms with E-state index >= 15 is 0 Å². The van der Waals surface area contributed by atoms with Gasteiger partial charge in [0.25, 0.3) is 0 Å². The van der Waals surface area contributed by atoms with Crippen LogP contribution in [0.5, 0.6) is 0 Å². The molecule has 0 saturated heterocycles. The molecule has 1 rings (SSSR count). The molecule has 1 aromatic carbocycles. The molecule has 0 spiro atoms. The summed E-state index contributed by atoms with van der Waals surface area (Å²) in [5.41, 5.74) is 0.460. The predicted molar refractivity (Wildman–Crippen MR) is 59.8 cm³/mol. The highest BCUT2D eigenvalue weighted by Crippen LogP contribution is 2.25. The summed E-state index contributed by atoms with van der Waals surface area (Å²) in [6.45, 7) is 0. The molecule has 0 atom stereocenters. The topological polar surface area (TPSA) is 55.4 Å². The lowest BCUT2D eigenvalue weighted by Gasteiger charge is -2.04. The molecule has 4 nitrogen and oxygen atoms in total. The number of methoxy groups -OCH3 is 1. The van der Waals surface area contributed by atoms with Crippen LogP contribution in [-0.2, 0) is 14.3 Å². The molecule has 1 aromatic rings. The third-order valence-electron chi connectivity index (χ3n) is 1.55. The fourth-order valence-electron chi connectivity index (χ4n) is 0.849. The van der Waals surface area contributed by atoms with Crippen LogP contribution in [0, 0.1) is 0 Å². The van der Waals surface area contributed by atoms with Crippen LogP contribution >= 0.6 is 27.5 Å². The Hall–Kier alpha value is -1.07. The second-order valence-corrected chi connectivity index (χ2v) is 3.84. The molecule has 15 heavy (non-hydrogen) atoms. The molecule has 0 radical (unpaired) electrons. The standard InChI is InChI=1S/C9H7BrClNO3/c1-15-9(14)8(13)12-5-2-3-7(11)6(10)4-5/h2-4H,1H3,(H,12,13). The second kappa shape index (κ2) is 5.14. The summed E-state index contributed by atoms with van der Waals surface area (Å²) in [4.78, 5) is 21.9. The fourth-order valence-corrected chi connectivity index (χ4v) is 1.35. The van der Waals surface area contributed by atoms with Gasteiger partial charge in [0.1, 0.15) is 0 Å². The molecule has 0 fully saturated rings. The number of benzene rings is 1. The van der Waals surface area contributed by atoms with E-state index in [-0.39, 0.29) is 0 Å². The summed E-state index contributed by atoms with van der Waals surface area (Å²) in [6, 6.07) is 4.76. The van der Waals surface area contributed by atoms with Gasteiger partial charge in [-0.3, -0.25) is 4.79 Å². The van der Waals surface area contributed by atoms with Gasteiger partial charge < -0.3 is 10.1 Å². The maximum Gasteiger partial charge on any atom is 0.396 e. The molecule has 0 aliphatic rings. The van der Waals surface area contributed by atoms with Gasteiger partial charge in [-0.1, -0.05) is 11.6 Å². The molecule has 0 aliphatic heterocycles. The molecule has 0 heterocycles. The highest BCUT2D eigenvalue weighted by atomic mass is 79.9. The SMILES string of the molecule is COC(=O)C(=O)Nc1ccc(Cl)c(Br)c1. The first-order chi connectivity index (χ1) is 7.04. The Kier molecular flexibility index (Phi) is 4.11. The van der Waals surface area contributed by atoms with Crippen molar-refractivity contribution in [3.63, 3.8) is 0 Å². The van der Waals surface area contributed by atoms with Crippen molar-refractivity contribution in [1.82, 2.24) is 0 Å². The van der Waals surface area contributed by atoms with Crippen molar-refractivity contribution >= 4 is 45.1 Å². The van der Waals surface area contributed by atoms with E-state index in [9.17, 15) is 9.59 Å². The quantitative estimate of drug-likeness (QED) is 0.638. The summed E-state index contributed by atoms with van der Waals surface area (Å²) < 4.78 is 4.88. The molecule has 0 saturated carbocycles. The van der Waals surface area contributed by atoms with Crippen LogP contribution in [0.4, 0.5) is 5.69 Å². The Labute approximate surface area is 99.7 Å². The fraction of sp³-hybridized carbons (Fsp3) is 0.111. The Morgan fingerprint density at radius 2 is 2.13 bits per heavy atom. The Morgan fingerprint density at radius 3 is 2.67 bits per heavy atom. The van der Waals surface area contributed by atoms with Gasteiger partial charge in [0.05, 0.1) is 12.1 Å². The summed E-state index contributed by atoms with van der Waals surface area (Å²) >= 11 is 8.95. The molecular formula is C9H7BrClNO3. The lowest BCUT2D eigenvalue weighted by Crippen LogP contribution is -2.23. The average molecular weight is 293 g/mol. The summed E-state index contributed by atoms with van der Waals surface area (Å²) in [7, 11) is 1.14. The molecule has 0 aliphatic carbocycles. The van der Waals surface area contributed by atoms with Crippen LogP contribution in [-0.4, -0.2) is 19.0 Å². The minimum Gasteiger partial charge on any atom is -0.462 e. The van der Waals surface area contributed by atoms with Crippen LogP contribution in [0.2, 0.25) is 5.02 Å². The maximum absolute atomic E-state index is 11.1. The van der Waals surface area contributed by atoms with Crippen LogP contribution in [0.25, 0.3) is 0 Å². The Bertz CT molecular complexity index is 408. The van der Waals surface area contributed by atoms with Crippen LogP contribution < -0.4 is 5.32 Å². The van der Waals surface area contributed by atoms with Gasteiger partial charge in [0.2, 0.25) is 0 Å². The van der Waals surface area contributed by atoms with Gasteiger partial charge in [-0.05, 0) is 34.1 Å². The highest BCUT2D eigenvalue weighted by Gasteiger charge is 2.13. The summed E-state index contributed by atoms with van der Waals surface area (Å²) in [5, 5.41) is 2.88. The normalized spacial score (nSPS) is 9.53. The Morgan fingerprint density at radius 1 is 1.47 bits per heavy atom. The van der Waals surface area contributed by atoms with Crippen molar-refractivity contribution in [3.05, 3.63) is 27.7 Å². The van der Waals surface area contributed by atoms with E-state index in [1.807, 2.05) is 0 Å². The van der Waals surface area contributed by atoms with Crippen molar-refractivity contribution in [1.29, 1.82) is 0 Å². The zero-order chi connectivity index (χ0) is 11.4. The monoisotopic (exact) mass is 291 g/mol. The number of hydrogen-bond donors (Lipinski definition) is 1. The first kappa shape index (κ1) is 12.0. The minimum atomic E-state index is -0.943. The van der Waals surface area contributed by atoms with E-state index < -0.39 is 11.9 Å². The number of carbonyl (C=O) groups excluding carboxylic acids is 2. The van der Waals surface area contributed by atoms with Gasteiger partial charge in [0.15, 0.2) is 0 Å². The van der Waals surface area contributed by atoms with Crippen molar-refractivity contribution in [3.8, 4) is 0 Å². The van der Waals surface area contributed by atoms with Crippen LogP contribution in [0.1, 0.15) is 0 Å². The number of carbonyl (C=O) groups is 2. The largest absolute Gasteiger partial charge is 0.462 e. The predicted octanol–water partition coefficient (Wildman–Crippen LogP) is 2.21. The van der Waals surface area contributed by atoms with Crippen LogP contribution in [0.15, 0.2) is 22.7 Å². The Balaban J connectivity index is 2.77. The van der Waals surface area contributed by atoms with E-state index in [1.165, 1.54) is 0 Å². The molecule has 0 bridgehead atoms.